The second-order valence-electron chi connectivity index (χ2n) is 8.87. The van der Waals surface area contributed by atoms with Gasteiger partial charge in [0.2, 0.25) is 28.6 Å². The minimum Gasteiger partial charge on any atom is -0.467 e. The van der Waals surface area contributed by atoms with E-state index in [9.17, 15) is 18.0 Å². The molecule has 0 unspecified atom stereocenters. The van der Waals surface area contributed by atoms with Crippen LogP contribution >= 0.6 is 0 Å². The largest absolute Gasteiger partial charge is 0.467 e. The zero-order valence-corrected chi connectivity index (χ0v) is 21.7. The van der Waals surface area contributed by atoms with E-state index in [0.29, 0.717) is 22.9 Å². The number of nitrogens with zero attached hydrogens (tertiary/aromatic N) is 2. The third-order valence-electron chi connectivity index (χ3n) is 5.74. The van der Waals surface area contributed by atoms with Gasteiger partial charge in [0, 0.05) is 25.2 Å². The van der Waals surface area contributed by atoms with Gasteiger partial charge in [0.25, 0.3) is 0 Å². The van der Waals surface area contributed by atoms with Crippen LogP contribution in [-0.2, 0) is 32.7 Å². The molecule has 1 aliphatic heterocycles. The molecule has 1 N–H and O–H groups in total. The van der Waals surface area contributed by atoms with Gasteiger partial charge in [0.05, 0.1) is 24.2 Å². The number of hydrogen-bond acceptors (Lipinski definition) is 7. The summed E-state index contributed by atoms with van der Waals surface area (Å²) in [6.45, 7) is 4.95. The van der Waals surface area contributed by atoms with Crippen LogP contribution in [0.3, 0.4) is 0 Å². The summed E-state index contributed by atoms with van der Waals surface area (Å²) < 4.78 is 44.4. The number of sulfonamides is 1. The summed E-state index contributed by atoms with van der Waals surface area (Å²) in [5.41, 5.74) is 1.28. The smallest absolute Gasteiger partial charge is 0.243 e. The summed E-state index contributed by atoms with van der Waals surface area (Å²) >= 11 is 0. The van der Waals surface area contributed by atoms with Crippen LogP contribution in [0.2, 0.25) is 0 Å². The average molecular weight is 528 g/mol. The van der Waals surface area contributed by atoms with Gasteiger partial charge in [-0.2, -0.15) is 4.31 Å². The lowest BCUT2D eigenvalue weighted by molar-refractivity contribution is -0.133. The predicted octanol–water partition coefficient (Wildman–Crippen LogP) is 3.59. The van der Waals surface area contributed by atoms with Crippen molar-refractivity contribution in [2.75, 3.05) is 18.7 Å². The third-order valence-corrected chi connectivity index (χ3v) is 7.77. The molecule has 37 heavy (non-hydrogen) atoms. The summed E-state index contributed by atoms with van der Waals surface area (Å²) in [5.74, 6) is 1.15. The number of carbonyl (C=O) groups excluding carboxylic acids is 2. The van der Waals surface area contributed by atoms with Crippen molar-refractivity contribution in [1.82, 2.24) is 9.21 Å². The molecule has 0 radical (unpaired) electrons. The number of hydrogen-bond donors (Lipinski definition) is 1. The minimum absolute atomic E-state index is 0.0245. The van der Waals surface area contributed by atoms with Gasteiger partial charge in [-0.15, -0.1) is 0 Å². The molecule has 196 valence electrons. The Morgan fingerprint density at radius 3 is 2.38 bits per heavy atom. The van der Waals surface area contributed by atoms with Crippen LogP contribution in [-0.4, -0.2) is 48.8 Å². The Balaban J connectivity index is 1.56. The summed E-state index contributed by atoms with van der Waals surface area (Å²) in [7, 11) is -4.00. The number of anilines is 1. The van der Waals surface area contributed by atoms with Crippen LogP contribution in [0.1, 0.15) is 32.1 Å². The molecule has 1 aromatic heterocycles. The fourth-order valence-corrected chi connectivity index (χ4v) is 5.50. The number of ether oxygens (including phenoxy) is 2. The Morgan fingerprint density at radius 2 is 1.73 bits per heavy atom. The van der Waals surface area contributed by atoms with E-state index in [0.717, 1.165) is 9.87 Å². The van der Waals surface area contributed by atoms with Gasteiger partial charge in [0.1, 0.15) is 5.76 Å². The number of amides is 2. The van der Waals surface area contributed by atoms with Crippen LogP contribution in [0.15, 0.2) is 70.2 Å². The monoisotopic (exact) mass is 527 g/mol. The Labute approximate surface area is 215 Å². The van der Waals surface area contributed by atoms with Crippen LogP contribution in [0.5, 0.6) is 11.5 Å². The standard InChI is InChI=1S/C26H29N3O7S/c1-18(2)29(37(32,33)23-9-7-21(8-10-23)27-19(3)30)16-26(31)28(15-22-5-4-12-34-22)14-20-6-11-24-25(13-20)36-17-35-24/h4-13,18H,14-17H2,1-3H3,(H,27,30). The molecule has 0 saturated carbocycles. The highest BCUT2D eigenvalue weighted by Gasteiger charge is 2.31. The first-order valence-corrected chi connectivity index (χ1v) is 13.2. The summed E-state index contributed by atoms with van der Waals surface area (Å²) in [4.78, 5) is 26.4. The van der Waals surface area contributed by atoms with Gasteiger partial charge in [-0.1, -0.05) is 6.07 Å². The van der Waals surface area contributed by atoms with Crippen molar-refractivity contribution >= 4 is 27.5 Å². The van der Waals surface area contributed by atoms with Gasteiger partial charge < -0.3 is 24.1 Å². The Morgan fingerprint density at radius 1 is 1.00 bits per heavy atom. The van der Waals surface area contributed by atoms with Gasteiger partial charge >= 0.3 is 0 Å². The molecule has 10 nitrogen and oxygen atoms in total. The quantitative estimate of drug-likeness (QED) is 0.428. The van der Waals surface area contributed by atoms with Crippen LogP contribution in [0.25, 0.3) is 0 Å². The molecule has 0 fully saturated rings. The molecular weight excluding hydrogens is 498 g/mol. The number of furan rings is 1. The second-order valence-corrected chi connectivity index (χ2v) is 10.8. The number of rotatable bonds is 10. The van der Waals surface area contributed by atoms with E-state index in [1.54, 1.807) is 43.0 Å². The molecule has 0 saturated heterocycles. The Bertz CT molecular complexity index is 1350. The molecule has 4 rings (SSSR count). The normalized spacial score (nSPS) is 12.7. The van der Waals surface area contributed by atoms with Gasteiger partial charge in [-0.05, 0) is 67.9 Å². The van der Waals surface area contributed by atoms with Crippen molar-refractivity contribution in [3.63, 3.8) is 0 Å². The molecular formula is C26H29N3O7S. The first-order valence-electron chi connectivity index (χ1n) is 11.7. The van der Waals surface area contributed by atoms with Crippen molar-refractivity contribution in [1.29, 1.82) is 0 Å². The maximum absolute atomic E-state index is 13.6. The van der Waals surface area contributed by atoms with E-state index < -0.39 is 16.1 Å². The topological polar surface area (TPSA) is 118 Å². The van der Waals surface area contributed by atoms with Crippen LogP contribution in [0.4, 0.5) is 5.69 Å². The van der Waals surface area contributed by atoms with Gasteiger partial charge in [-0.25, -0.2) is 8.42 Å². The van der Waals surface area contributed by atoms with E-state index in [2.05, 4.69) is 5.32 Å². The second kappa shape index (κ2) is 11.1. The van der Waals surface area contributed by atoms with E-state index in [1.807, 2.05) is 6.07 Å². The fraction of sp³-hybridized carbons (Fsp3) is 0.308. The zero-order chi connectivity index (χ0) is 26.6. The number of benzene rings is 2. The van der Waals surface area contributed by atoms with E-state index >= 15 is 0 Å². The lowest BCUT2D eigenvalue weighted by atomic mass is 10.2. The van der Waals surface area contributed by atoms with Crippen molar-refractivity contribution in [2.45, 2.75) is 44.8 Å². The van der Waals surface area contributed by atoms with Crippen LogP contribution < -0.4 is 14.8 Å². The molecule has 2 heterocycles. The van der Waals surface area contributed by atoms with E-state index in [-0.39, 0.29) is 43.1 Å². The molecule has 0 bridgehead atoms. The van der Waals surface area contributed by atoms with Crippen LogP contribution in [0, 0.1) is 0 Å². The molecule has 11 heteroatoms. The molecule has 2 amide bonds. The van der Waals surface area contributed by atoms with E-state index in [4.69, 9.17) is 13.9 Å². The molecule has 0 atom stereocenters. The fourth-order valence-electron chi connectivity index (χ4n) is 3.91. The highest BCUT2D eigenvalue weighted by Crippen LogP contribution is 2.33. The highest BCUT2D eigenvalue weighted by molar-refractivity contribution is 7.89. The Kier molecular flexibility index (Phi) is 7.84. The summed E-state index contributed by atoms with van der Waals surface area (Å²) in [5, 5.41) is 2.61. The number of nitrogens with one attached hydrogen (secondary N) is 1. The van der Waals surface area contributed by atoms with Crippen molar-refractivity contribution in [2.24, 2.45) is 0 Å². The zero-order valence-electron chi connectivity index (χ0n) is 20.8. The lowest BCUT2D eigenvalue weighted by Crippen LogP contribution is -2.45. The molecule has 3 aromatic rings. The van der Waals surface area contributed by atoms with Gasteiger partial charge in [-0.3, -0.25) is 9.59 Å². The van der Waals surface area contributed by atoms with E-state index in [1.165, 1.54) is 37.5 Å². The molecule has 1 aliphatic rings. The van der Waals surface area contributed by atoms with Crippen molar-refractivity contribution in [3.8, 4) is 11.5 Å². The average Bonchev–Trinajstić information content (AvgIpc) is 3.53. The van der Waals surface area contributed by atoms with Crippen molar-refractivity contribution < 1.29 is 31.9 Å². The maximum atomic E-state index is 13.6. The summed E-state index contributed by atoms with van der Waals surface area (Å²) in [6, 6.07) is 14.3. The lowest BCUT2D eigenvalue weighted by Gasteiger charge is -2.29. The minimum atomic E-state index is -4.00. The first-order chi connectivity index (χ1) is 17.6. The number of carbonyl (C=O) groups is 2. The SMILES string of the molecule is CC(=O)Nc1ccc(S(=O)(=O)N(CC(=O)N(Cc2ccc3c(c2)OCO3)Cc2ccco2)C(C)C)cc1. The molecule has 0 aliphatic carbocycles. The summed E-state index contributed by atoms with van der Waals surface area (Å²) in [6.07, 6.45) is 1.52. The first kappa shape index (κ1) is 26.2. The maximum Gasteiger partial charge on any atom is 0.243 e. The number of fused-ring (bicyclic) bond motifs is 1. The third kappa shape index (κ3) is 6.30. The Hall–Kier alpha value is -3.83. The van der Waals surface area contributed by atoms with Crippen molar-refractivity contribution in [3.05, 3.63) is 72.2 Å². The van der Waals surface area contributed by atoms with Gasteiger partial charge in [0.15, 0.2) is 11.5 Å². The highest BCUT2D eigenvalue weighted by atomic mass is 32.2. The molecule has 0 spiro atoms. The molecule has 2 aromatic carbocycles. The predicted molar refractivity (Wildman–Crippen MR) is 135 cm³/mol.